The number of aryl methyl sites for hydroxylation is 1. The summed E-state index contributed by atoms with van der Waals surface area (Å²) in [5, 5.41) is 8.53. The van der Waals surface area contributed by atoms with Crippen LogP contribution in [-0.2, 0) is 4.79 Å². The molecule has 0 unspecified atom stereocenters. The molecule has 0 aromatic heterocycles. The van der Waals surface area contributed by atoms with Gasteiger partial charge >= 0.3 is 6.03 Å². The minimum atomic E-state index is -0.547. The van der Waals surface area contributed by atoms with Gasteiger partial charge in [-0.3, -0.25) is 4.79 Å². The lowest BCUT2D eigenvalue weighted by atomic mass is 9.94. The van der Waals surface area contributed by atoms with E-state index in [0.717, 1.165) is 28.1 Å². The molecule has 0 aliphatic carbocycles. The molecule has 3 N–H and O–H groups in total. The maximum Gasteiger partial charge on any atom is 0.319 e. The van der Waals surface area contributed by atoms with Gasteiger partial charge in [0.25, 0.3) is 5.91 Å². The molecule has 6 heteroatoms. The van der Waals surface area contributed by atoms with Crippen molar-refractivity contribution in [3.05, 3.63) is 70.4 Å². The monoisotopic (exact) mass is 379 g/mol. The van der Waals surface area contributed by atoms with Crippen molar-refractivity contribution in [2.24, 2.45) is 0 Å². The number of rotatable bonds is 5. The molecule has 3 amide bonds. The van der Waals surface area contributed by atoms with Crippen LogP contribution >= 0.6 is 0 Å². The van der Waals surface area contributed by atoms with Crippen LogP contribution in [-0.4, -0.2) is 18.5 Å². The van der Waals surface area contributed by atoms with E-state index in [1.807, 2.05) is 63.2 Å². The van der Waals surface area contributed by atoms with Crippen molar-refractivity contribution < 1.29 is 14.3 Å². The van der Waals surface area contributed by atoms with Crippen LogP contribution in [0.25, 0.3) is 0 Å². The molecule has 1 aliphatic rings. The smallest absolute Gasteiger partial charge is 0.319 e. The molecule has 1 atom stereocenters. The van der Waals surface area contributed by atoms with E-state index in [0.29, 0.717) is 17.9 Å². The molecule has 0 radical (unpaired) electrons. The summed E-state index contributed by atoms with van der Waals surface area (Å²) in [4.78, 5) is 25.2. The molecule has 0 saturated heterocycles. The Kier molecular flexibility index (Phi) is 5.68. The summed E-state index contributed by atoms with van der Waals surface area (Å²) in [6, 6.07) is 12.3. The Bertz CT molecular complexity index is 933. The van der Waals surface area contributed by atoms with E-state index in [1.165, 1.54) is 0 Å². The third kappa shape index (κ3) is 4.01. The van der Waals surface area contributed by atoms with E-state index < -0.39 is 6.04 Å². The zero-order valence-corrected chi connectivity index (χ0v) is 16.6. The van der Waals surface area contributed by atoms with Crippen molar-refractivity contribution in [1.82, 2.24) is 10.6 Å². The fourth-order valence-electron chi connectivity index (χ4n) is 3.24. The van der Waals surface area contributed by atoms with Gasteiger partial charge in [0.2, 0.25) is 0 Å². The molecular weight excluding hydrogens is 354 g/mol. The molecule has 0 spiro atoms. The van der Waals surface area contributed by atoms with Gasteiger partial charge in [-0.2, -0.15) is 0 Å². The first-order valence-electron chi connectivity index (χ1n) is 9.29. The average molecular weight is 379 g/mol. The number of urea groups is 1. The molecule has 1 heterocycles. The second-order valence-corrected chi connectivity index (χ2v) is 6.77. The predicted molar refractivity (Wildman–Crippen MR) is 109 cm³/mol. The van der Waals surface area contributed by atoms with Gasteiger partial charge < -0.3 is 20.7 Å². The van der Waals surface area contributed by atoms with Gasteiger partial charge in [0.1, 0.15) is 5.75 Å². The first kappa shape index (κ1) is 19.5. The zero-order chi connectivity index (χ0) is 20.3. The first-order chi connectivity index (χ1) is 13.4. The SMILES string of the molecule is CCOc1ccc([C@H]2NC(=O)NC(C)=C2C(=O)Nc2cccc(C)c2C)cc1. The van der Waals surface area contributed by atoms with Crippen molar-refractivity contribution in [2.45, 2.75) is 33.7 Å². The Hall–Kier alpha value is -3.28. The molecule has 3 rings (SSSR count). The van der Waals surface area contributed by atoms with E-state index >= 15 is 0 Å². The topological polar surface area (TPSA) is 79.5 Å². The average Bonchev–Trinajstić information content (AvgIpc) is 2.65. The maximum absolute atomic E-state index is 13.1. The Morgan fingerprint density at radius 3 is 2.50 bits per heavy atom. The number of benzene rings is 2. The van der Waals surface area contributed by atoms with Crippen LogP contribution < -0.4 is 20.7 Å². The van der Waals surface area contributed by atoms with E-state index in [4.69, 9.17) is 4.74 Å². The number of nitrogens with one attached hydrogen (secondary N) is 3. The van der Waals surface area contributed by atoms with Crippen molar-refractivity contribution in [1.29, 1.82) is 0 Å². The number of amides is 3. The normalized spacial score (nSPS) is 16.3. The standard InChI is InChI=1S/C22H25N3O3/c1-5-28-17-11-9-16(10-12-17)20-19(15(4)23-22(27)25-20)21(26)24-18-8-6-7-13(2)14(18)3/h6-12,20H,5H2,1-4H3,(H,24,26)(H2,23,25,27)/t20-/m1/s1. The highest BCUT2D eigenvalue weighted by Gasteiger charge is 2.31. The number of allylic oxidation sites excluding steroid dienone is 1. The van der Waals surface area contributed by atoms with Crippen LogP contribution in [0.1, 0.15) is 36.6 Å². The highest BCUT2D eigenvalue weighted by atomic mass is 16.5. The highest BCUT2D eigenvalue weighted by molar-refractivity contribution is 6.07. The minimum absolute atomic E-state index is 0.252. The minimum Gasteiger partial charge on any atom is -0.494 e. The van der Waals surface area contributed by atoms with Gasteiger partial charge in [0.15, 0.2) is 0 Å². The van der Waals surface area contributed by atoms with E-state index in [-0.39, 0.29) is 11.9 Å². The maximum atomic E-state index is 13.1. The van der Waals surface area contributed by atoms with Crippen LogP contribution in [0.3, 0.4) is 0 Å². The first-order valence-corrected chi connectivity index (χ1v) is 9.29. The fourth-order valence-corrected chi connectivity index (χ4v) is 3.24. The number of hydrogen-bond donors (Lipinski definition) is 3. The van der Waals surface area contributed by atoms with Crippen molar-refractivity contribution in [3.63, 3.8) is 0 Å². The summed E-state index contributed by atoms with van der Waals surface area (Å²) in [5.74, 6) is 0.492. The lowest BCUT2D eigenvalue weighted by Crippen LogP contribution is -2.46. The lowest BCUT2D eigenvalue weighted by Gasteiger charge is -2.29. The van der Waals surface area contributed by atoms with Gasteiger partial charge in [-0.1, -0.05) is 24.3 Å². The molecule has 0 fully saturated rings. The second kappa shape index (κ2) is 8.17. The van der Waals surface area contributed by atoms with Gasteiger partial charge in [0, 0.05) is 11.4 Å². The van der Waals surface area contributed by atoms with E-state index in [1.54, 1.807) is 6.92 Å². The van der Waals surface area contributed by atoms with Crippen LogP contribution in [0.4, 0.5) is 10.5 Å². The van der Waals surface area contributed by atoms with Crippen molar-refractivity contribution in [3.8, 4) is 5.75 Å². The molecule has 1 aliphatic heterocycles. The Morgan fingerprint density at radius 2 is 1.82 bits per heavy atom. The molecule has 2 aromatic carbocycles. The third-order valence-electron chi connectivity index (χ3n) is 4.89. The number of carbonyl (C=O) groups excluding carboxylic acids is 2. The van der Waals surface area contributed by atoms with Crippen LogP contribution in [0.5, 0.6) is 5.75 Å². The summed E-state index contributed by atoms with van der Waals surface area (Å²) in [6.45, 7) is 8.20. The molecule has 0 saturated carbocycles. The molecule has 6 nitrogen and oxygen atoms in total. The highest BCUT2D eigenvalue weighted by Crippen LogP contribution is 2.29. The quantitative estimate of drug-likeness (QED) is 0.735. The van der Waals surface area contributed by atoms with E-state index in [2.05, 4.69) is 16.0 Å². The van der Waals surface area contributed by atoms with Gasteiger partial charge in [-0.25, -0.2) is 4.79 Å². The van der Waals surface area contributed by atoms with E-state index in [9.17, 15) is 9.59 Å². The Morgan fingerprint density at radius 1 is 1.11 bits per heavy atom. The Labute approximate surface area is 165 Å². The number of ether oxygens (including phenoxy) is 1. The number of anilines is 1. The summed E-state index contributed by atoms with van der Waals surface area (Å²) in [6.07, 6.45) is 0. The van der Waals surface area contributed by atoms with Gasteiger partial charge in [-0.15, -0.1) is 0 Å². The molecule has 28 heavy (non-hydrogen) atoms. The number of hydrogen-bond acceptors (Lipinski definition) is 3. The molecule has 146 valence electrons. The Balaban J connectivity index is 1.93. The van der Waals surface area contributed by atoms with Crippen molar-refractivity contribution in [2.75, 3.05) is 11.9 Å². The summed E-state index contributed by atoms with van der Waals surface area (Å²) in [7, 11) is 0. The third-order valence-corrected chi connectivity index (χ3v) is 4.89. The van der Waals surface area contributed by atoms with Crippen LogP contribution in [0, 0.1) is 13.8 Å². The fraction of sp³-hybridized carbons (Fsp3) is 0.273. The van der Waals surface area contributed by atoms with Crippen LogP contribution in [0.2, 0.25) is 0 Å². The summed E-state index contributed by atoms with van der Waals surface area (Å²) >= 11 is 0. The summed E-state index contributed by atoms with van der Waals surface area (Å²) in [5.41, 5.74) is 4.69. The predicted octanol–water partition coefficient (Wildman–Crippen LogP) is 3.97. The van der Waals surface area contributed by atoms with Gasteiger partial charge in [0.05, 0.1) is 18.2 Å². The van der Waals surface area contributed by atoms with Crippen molar-refractivity contribution >= 4 is 17.6 Å². The largest absolute Gasteiger partial charge is 0.494 e. The number of carbonyl (C=O) groups is 2. The second-order valence-electron chi connectivity index (χ2n) is 6.77. The summed E-state index contributed by atoms with van der Waals surface area (Å²) < 4.78 is 5.48. The molecule has 2 aromatic rings. The molecular formula is C22H25N3O3. The molecule has 0 bridgehead atoms. The lowest BCUT2D eigenvalue weighted by molar-refractivity contribution is -0.113. The zero-order valence-electron chi connectivity index (χ0n) is 16.6. The van der Waals surface area contributed by atoms with Gasteiger partial charge in [-0.05, 0) is 62.6 Å². The van der Waals surface area contributed by atoms with Crippen LogP contribution in [0.15, 0.2) is 53.7 Å².